The van der Waals surface area contributed by atoms with Crippen molar-refractivity contribution in [3.05, 3.63) is 77.3 Å². The van der Waals surface area contributed by atoms with E-state index in [9.17, 15) is 9.18 Å². The fourth-order valence-corrected chi connectivity index (χ4v) is 4.85. The number of nitrogens with one attached hydrogen (secondary N) is 1. The van der Waals surface area contributed by atoms with Crippen LogP contribution in [0.3, 0.4) is 0 Å². The molecule has 5 rings (SSSR count). The molecule has 0 amide bonds. The van der Waals surface area contributed by atoms with E-state index in [0.717, 1.165) is 86.6 Å². The molecule has 220 valence electrons. The van der Waals surface area contributed by atoms with Crippen molar-refractivity contribution in [2.24, 2.45) is 0 Å². The second-order valence-corrected chi connectivity index (χ2v) is 10.4. The molecule has 0 radical (unpaired) electrons. The van der Waals surface area contributed by atoms with Crippen molar-refractivity contribution >= 4 is 17.1 Å². The fraction of sp³-hybridized carbons (Fsp3) is 0.455. The molecule has 0 bridgehead atoms. The Morgan fingerprint density at radius 1 is 1.00 bits per heavy atom. The van der Waals surface area contributed by atoms with Crippen molar-refractivity contribution in [2.75, 3.05) is 31.1 Å². The third-order valence-electron chi connectivity index (χ3n) is 6.89. The summed E-state index contributed by atoms with van der Waals surface area (Å²) in [7, 11) is 0. The normalized spacial score (nSPS) is 12.8. The third kappa shape index (κ3) is 9.18. The molecule has 0 unspecified atom stereocenters. The molecule has 5 heterocycles. The Bertz CT molecular complexity index is 1400. The monoisotopic (exact) mass is 560 g/mol. The molecule has 0 atom stereocenters. The quantitative estimate of drug-likeness (QED) is 0.277. The van der Waals surface area contributed by atoms with Gasteiger partial charge in [0.25, 0.3) is 0 Å². The molecule has 7 nitrogen and oxygen atoms in total. The Morgan fingerprint density at radius 3 is 2.34 bits per heavy atom. The number of fused-ring (bicyclic) bond motifs is 1. The second kappa shape index (κ2) is 16.0. The zero-order valence-corrected chi connectivity index (χ0v) is 25.5. The zero-order valence-electron chi connectivity index (χ0n) is 25.5. The van der Waals surface area contributed by atoms with Gasteiger partial charge in [-0.1, -0.05) is 33.3 Å². The van der Waals surface area contributed by atoms with Crippen LogP contribution in [0.25, 0.3) is 17.0 Å². The summed E-state index contributed by atoms with van der Waals surface area (Å²) in [5, 5.41) is 3.43. The van der Waals surface area contributed by atoms with Gasteiger partial charge in [-0.25, -0.2) is 9.37 Å². The molecule has 41 heavy (non-hydrogen) atoms. The van der Waals surface area contributed by atoms with E-state index in [1.807, 2.05) is 57.6 Å². The molecule has 1 fully saturated rings. The number of hydrogen-bond donors (Lipinski definition) is 1. The Hall–Kier alpha value is -3.65. The number of anilines is 1. The minimum absolute atomic E-state index is 0.243. The van der Waals surface area contributed by atoms with Gasteiger partial charge >= 0.3 is 0 Å². The molecule has 1 aliphatic rings. The number of rotatable bonds is 7. The predicted molar refractivity (Wildman–Crippen MR) is 166 cm³/mol. The number of piperazine rings is 1. The van der Waals surface area contributed by atoms with Gasteiger partial charge in [0.05, 0.1) is 17.1 Å². The Morgan fingerprint density at radius 2 is 1.76 bits per heavy atom. The highest BCUT2D eigenvalue weighted by molar-refractivity contribution is 5.75. The minimum Gasteiger partial charge on any atom is -0.369 e. The molecule has 0 aliphatic carbocycles. The first-order valence-corrected chi connectivity index (χ1v) is 14.8. The van der Waals surface area contributed by atoms with Crippen LogP contribution < -0.4 is 10.2 Å². The number of hydrogen-bond acceptors (Lipinski definition) is 6. The number of carbonyl (C=O) groups is 1. The van der Waals surface area contributed by atoms with Crippen molar-refractivity contribution in [2.45, 2.75) is 73.6 Å². The molecule has 0 aromatic carbocycles. The van der Waals surface area contributed by atoms with Crippen LogP contribution in [0.5, 0.6) is 0 Å². The number of halogens is 1. The average molecular weight is 561 g/mol. The molecular weight excluding hydrogens is 515 g/mol. The standard InChI is InChI=1S/C18H24N4.C10H11FN2.C5H10O/c1-3-6-15-14(2)21-17(16-7-4-5-8-20-16)13-18(15)22-11-9-19-10-12-22;1-3-8-4-9(11)10-12-7(2)5-13(10)6-8;1-3-4-5(2)6/h4-5,7-8,13,19H,3,6,9-12H2,1-2H3;4-6H,3H2,1-2H3;3-4H2,1-2H3. The first-order valence-electron chi connectivity index (χ1n) is 14.8. The summed E-state index contributed by atoms with van der Waals surface area (Å²) in [5.41, 5.74) is 8.04. The minimum atomic E-state index is -0.243. The lowest BCUT2D eigenvalue weighted by atomic mass is 10.0. The van der Waals surface area contributed by atoms with Crippen LogP contribution in [0.2, 0.25) is 0 Å². The van der Waals surface area contributed by atoms with Crippen LogP contribution in [0.4, 0.5) is 10.1 Å². The number of nitrogens with zero attached hydrogens (tertiary/aromatic N) is 5. The Balaban J connectivity index is 0.000000205. The van der Waals surface area contributed by atoms with Gasteiger partial charge in [-0.2, -0.15) is 0 Å². The van der Waals surface area contributed by atoms with Crippen LogP contribution in [-0.4, -0.2) is 51.3 Å². The van der Waals surface area contributed by atoms with Gasteiger partial charge in [0.2, 0.25) is 0 Å². The van der Waals surface area contributed by atoms with Gasteiger partial charge in [-0.3, -0.25) is 9.97 Å². The summed E-state index contributed by atoms with van der Waals surface area (Å²) in [4.78, 5) is 25.9. The van der Waals surface area contributed by atoms with Crippen LogP contribution in [0, 0.1) is 19.7 Å². The van der Waals surface area contributed by atoms with E-state index in [1.54, 1.807) is 17.4 Å². The van der Waals surface area contributed by atoms with Crippen molar-refractivity contribution in [1.29, 1.82) is 0 Å². The van der Waals surface area contributed by atoms with Crippen LogP contribution >= 0.6 is 0 Å². The maximum atomic E-state index is 13.4. The molecule has 1 aliphatic heterocycles. The summed E-state index contributed by atoms with van der Waals surface area (Å²) < 4.78 is 15.1. The highest BCUT2D eigenvalue weighted by atomic mass is 19.1. The molecule has 8 heteroatoms. The van der Waals surface area contributed by atoms with Crippen LogP contribution in [0.15, 0.2) is 48.9 Å². The van der Waals surface area contributed by atoms with Gasteiger partial charge in [0, 0.05) is 62.6 Å². The summed E-state index contributed by atoms with van der Waals surface area (Å²) in [6.45, 7) is 16.0. The lowest BCUT2D eigenvalue weighted by molar-refractivity contribution is -0.117. The number of pyridine rings is 3. The smallest absolute Gasteiger partial charge is 0.173 e. The number of imidazole rings is 1. The van der Waals surface area contributed by atoms with E-state index >= 15 is 0 Å². The average Bonchev–Trinajstić information content (AvgIpc) is 3.36. The lowest BCUT2D eigenvalue weighted by Crippen LogP contribution is -2.44. The van der Waals surface area contributed by atoms with Crippen molar-refractivity contribution in [3.63, 3.8) is 0 Å². The number of carbonyl (C=O) groups excluding carboxylic acids is 1. The first-order chi connectivity index (χ1) is 19.8. The molecule has 0 saturated carbocycles. The third-order valence-corrected chi connectivity index (χ3v) is 6.89. The number of ketones is 1. The zero-order chi connectivity index (χ0) is 29.8. The van der Waals surface area contributed by atoms with E-state index < -0.39 is 0 Å². The van der Waals surface area contributed by atoms with E-state index in [2.05, 4.69) is 40.1 Å². The summed E-state index contributed by atoms with van der Waals surface area (Å²) in [6.07, 6.45) is 10.4. The Labute approximate surface area is 244 Å². The van der Waals surface area contributed by atoms with E-state index in [1.165, 1.54) is 11.3 Å². The maximum absolute atomic E-state index is 13.4. The first kappa shape index (κ1) is 31.9. The summed E-state index contributed by atoms with van der Waals surface area (Å²) in [6, 6.07) is 9.76. The fourth-order valence-electron chi connectivity index (χ4n) is 4.85. The van der Waals surface area contributed by atoms with E-state index in [-0.39, 0.29) is 11.6 Å². The lowest BCUT2D eigenvalue weighted by Gasteiger charge is -2.32. The van der Waals surface area contributed by atoms with Gasteiger partial charge in [0.15, 0.2) is 11.5 Å². The van der Waals surface area contributed by atoms with E-state index in [0.29, 0.717) is 5.65 Å². The highest BCUT2D eigenvalue weighted by Gasteiger charge is 2.18. The van der Waals surface area contributed by atoms with Crippen LogP contribution in [0.1, 0.15) is 69.5 Å². The molecular formula is C33H45FN6O. The van der Waals surface area contributed by atoms with E-state index in [4.69, 9.17) is 4.98 Å². The largest absolute Gasteiger partial charge is 0.369 e. The Kier molecular flexibility index (Phi) is 12.4. The number of aromatic nitrogens is 4. The van der Waals surface area contributed by atoms with Crippen molar-refractivity contribution < 1.29 is 9.18 Å². The maximum Gasteiger partial charge on any atom is 0.173 e. The van der Waals surface area contributed by atoms with Crippen molar-refractivity contribution in [1.82, 2.24) is 24.7 Å². The SMILES string of the molecule is CCCC(C)=O.CCCc1c(N2CCNCC2)cc(-c2ccccn2)nc1C.CCc1cc(F)c2nc(C)cn2c1. The van der Waals surface area contributed by atoms with Gasteiger partial charge in [0.1, 0.15) is 5.78 Å². The number of Topliss-reactive ketones (excluding diaryl/α,β-unsaturated/α-hetero) is 1. The molecule has 4 aromatic rings. The van der Waals surface area contributed by atoms with Crippen LogP contribution in [-0.2, 0) is 17.6 Å². The molecule has 1 saturated heterocycles. The number of aryl methyl sites for hydroxylation is 3. The second-order valence-electron chi connectivity index (χ2n) is 10.4. The summed E-state index contributed by atoms with van der Waals surface area (Å²) in [5.74, 6) is 0.0463. The van der Waals surface area contributed by atoms with Gasteiger partial charge < -0.3 is 19.4 Å². The van der Waals surface area contributed by atoms with Gasteiger partial charge in [-0.15, -0.1) is 0 Å². The molecule has 4 aromatic heterocycles. The summed E-state index contributed by atoms with van der Waals surface area (Å²) >= 11 is 0. The molecule has 0 spiro atoms. The topological polar surface area (TPSA) is 75.4 Å². The highest BCUT2D eigenvalue weighted by Crippen LogP contribution is 2.29. The van der Waals surface area contributed by atoms with Crippen molar-refractivity contribution in [3.8, 4) is 11.4 Å². The predicted octanol–water partition coefficient (Wildman–Crippen LogP) is 6.53. The van der Waals surface area contributed by atoms with Gasteiger partial charge in [-0.05, 0) is 75.4 Å². The molecule has 1 N–H and O–H groups in total.